The van der Waals surface area contributed by atoms with Gasteiger partial charge in [0, 0.05) is 13.0 Å². The van der Waals surface area contributed by atoms with Gasteiger partial charge >= 0.3 is 0 Å². The maximum atomic E-state index is 12.6. The number of aromatic hydroxyl groups is 1. The Bertz CT molecular complexity index is 939. The van der Waals surface area contributed by atoms with Crippen LogP contribution >= 0.6 is 24.0 Å². The van der Waals surface area contributed by atoms with E-state index in [0.29, 0.717) is 27.9 Å². The monoisotopic (exact) mass is 412 g/mol. The van der Waals surface area contributed by atoms with Gasteiger partial charge in [-0.15, -0.1) is 0 Å². The zero-order chi connectivity index (χ0) is 20.1. The Morgan fingerprint density at radius 1 is 1.21 bits per heavy atom. The maximum Gasteiger partial charge on any atom is 0.266 e. The molecular weight excluding hydrogens is 392 g/mol. The molecule has 1 heterocycles. The Hall–Kier alpha value is -2.64. The predicted octanol–water partition coefficient (Wildman–Crippen LogP) is 4.32. The van der Waals surface area contributed by atoms with Crippen molar-refractivity contribution in [3.8, 4) is 5.75 Å². The van der Waals surface area contributed by atoms with E-state index >= 15 is 0 Å². The van der Waals surface area contributed by atoms with Crippen molar-refractivity contribution in [2.24, 2.45) is 0 Å². The molecule has 0 bridgehead atoms. The third-order valence-corrected chi connectivity index (χ3v) is 5.59. The smallest absolute Gasteiger partial charge is 0.266 e. The Balaban J connectivity index is 1.54. The molecule has 28 heavy (non-hydrogen) atoms. The summed E-state index contributed by atoms with van der Waals surface area (Å²) in [5.74, 6) is -0.326. The van der Waals surface area contributed by atoms with Crippen LogP contribution in [-0.2, 0) is 9.59 Å². The third-order valence-electron chi connectivity index (χ3n) is 4.21. The first kappa shape index (κ1) is 20.1. The van der Waals surface area contributed by atoms with E-state index in [9.17, 15) is 14.7 Å². The fourth-order valence-electron chi connectivity index (χ4n) is 2.70. The van der Waals surface area contributed by atoms with Crippen LogP contribution in [0.3, 0.4) is 0 Å². The number of carbonyl (C=O) groups is 2. The lowest BCUT2D eigenvalue weighted by Crippen LogP contribution is -2.29. The molecule has 2 N–H and O–H groups in total. The number of nitrogens with one attached hydrogen (secondary N) is 1. The van der Waals surface area contributed by atoms with E-state index in [1.165, 1.54) is 22.7 Å². The average Bonchev–Trinajstić information content (AvgIpc) is 2.93. The van der Waals surface area contributed by atoms with Crippen molar-refractivity contribution in [1.29, 1.82) is 0 Å². The zero-order valence-corrected chi connectivity index (χ0v) is 17.0. The number of benzene rings is 2. The summed E-state index contributed by atoms with van der Waals surface area (Å²) in [6, 6.07) is 14.5. The summed E-state index contributed by atoms with van der Waals surface area (Å²) in [6.07, 6.45) is 2.54. The van der Waals surface area contributed by atoms with Crippen LogP contribution in [-0.4, -0.2) is 32.7 Å². The van der Waals surface area contributed by atoms with E-state index in [1.54, 1.807) is 18.2 Å². The van der Waals surface area contributed by atoms with Crippen LogP contribution in [0.5, 0.6) is 5.75 Å². The summed E-state index contributed by atoms with van der Waals surface area (Å²) in [5.41, 5.74) is 2.49. The van der Waals surface area contributed by atoms with Gasteiger partial charge in [0.2, 0.25) is 5.91 Å². The fraction of sp³-hybridized carbons (Fsp3) is 0.190. The third kappa shape index (κ3) is 4.99. The topological polar surface area (TPSA) is 69.6 Å². The largest absolute Gasteiger partial charge is 0.506 e. The van der Waals surface area contributed by atoms with Crippen LogP contribution in [0, 0.1) is 6.92 Å². The number of amides is 2. The lowest BCUT2D eigenvalue weighted by atomic mass is 10.1. The molecule has 5 nitrogen and oxygen atoms in total. The number of rotatable bonds is 6. The van der Waals surface area contributed by atoms with Crippen LogP contribution in [0.25, 0.3) is 6.08 Å². The van der Waals surface area contributed by atoms with E-state index in [1.807, 2.05) is 37.3 Å². The molecular formula is C21H20N2O3S2. The molecule has 3 rings (SSSR count). The molecule has 7 heteroatoms. The van der Waals surface area contributed by atoms with Crippen molar-refractivity contribution in [1.82, 2.24) is 4.90 Å². The number of para-hydroxylation sites is 2. The molecule has 0 aromatic heterocycles. The molecule has 1 aliphatic rings. The number of hydrogen-bond donors (Lipinski definition) is 2. The lowest BCUT2D eigenvalue weighted by molar-refractivity contribution is -0.122. The molecule has 0 unspecified atom stereocenters. The summed E-state index contributed by atoms with van der Waals surface area (Å²) in [7, 11) is 0. The molecule has 2 aromatic rings. The highest BCUT2D eigenvalue weighted by atomic mass is 32.2. The second-order valence-corrected chi connectivity index (χ2v) is 8.09. The van der Waals surface area contributed by atoms with Crippen LogP contribution in [0.15, 0.2) is 53.4 Å². The van der Waals surface area contributed by atoms with Crippen LogP contribution in [0.2, 0.25) is 0 Å². The second kappa shape index (κ2) is 9.03. The number of anilines is 1. The quantitative estimate of drug-likeness (QED) is 0.420. The van der Waals surface area contributed by atoms with Gasteiger partial charge in [-0.2, -0.15) is 0 Å². The first-order valence-corrected chi connectivity index (χ1v) is 10.1. The first-order valence-electron chi connectivity index (χ1n) is 8.84. The highest BCUT2D eigenvalue weighted by Crippen LogP contribution is 2.32. The molecule has 1 aliphatic heterocycles. The molecule has 2 aromatic carbocycles. The predicted molar refractivity (Wildman–Crippen MR) is 117 cm³/mol. The normalized spacial score (nSPS) is 15.3. The summed E-state index contributed by atoms with van der Waals surface area (Å²) < 4.78 is 0.504. The van der Waals surface area contributed by atoms with Gasteiger partial charge in [0.05, 0.1) is 10.6 Å². The second-order valence-electron chi connectivity index (χ2n) is 6.41. The first-order chi connectivity index (χ1) is 13.4. The van der Waals surface area contributed by atoms with Gasteiger partial charge in [0.15, 0.2) is 0 Å². The van der Waals surface area contributed by atoms with Crippen molar-refractivity contribution in [3.05, 3.63) is 64.6 Å². The SMILES string of the molecule is Cc1ccc(/C=C2\SC(=S)N(CCCC(=O)Nc3ccccc3O)C2=O)cc1. The van der Waals surface area contributed by atoms with Crippen LogP contribution < -0.4 is 5.32 Å². The molecule has 0 atom stereocenters. The molecule has 0 spiro atoms. The van der Waals surface area contributed by atoms with Gasteiger partial charge in [-0.25, -0.2) is 0 Å². The Morgan fingerprint density at radius 3 is 2.64 bits per heavy atom. The average molecular weight is 413 g/mol. The minimum absolute atomic E-state index is 0.0223. The Kier molecular flexibility index (Phi) is 6.49. The van der Waals surface area contributed by atoms with Crippen LogP contribution in [0.1, 0.15) is 24.0 Å². The number of hydrogen-bond acceptors (Lipinski definition) is 5. The van der Waals surface area contributed by atoms with Crippen molar-refractivity contribution in [3.63, 3.8) is 0 Å². The number of phenols is 1. The van der Waals surface area contributed by atoms with Gasteiger partial charge in [-0.3, -0.25) is 14.5 Å². The zero-order valence-electron chi connectivity index (χ0n) is 15.3. The fourth-order valence-corrected chi connectivity index (χ4v) is 4.01. The highest BCUT2D eigenvalue weighted by molar-refractivity contribution is 8.26. The molecule has 1 fully saturated rings. The van der Waals surface area contributed by atoms with Crippen molar-refractivity contribution in [2.75, 3.05) is 11.9 Å². The number of carbonyl (C=O) groups excluding carboxylic acids is 2. The van der Waals surface area contributed by atoms with Crippen LogP contribution in [0.4, 0.5) is 5.69 Å². The highest BCUT2D eigenvalue weighted by Gasteiger charge is 2.31. The number of phenolic OH excluding ortho intramolecular Hbond substituents is 1. The van der Waals surface area contributed by atoms with Crippen molar-refractivity contribution < 1.29 is 14.7 Å². The summed E-state index contributed by atoms with van der Waals surface area (Å²) >= 11 is 6.61. The van der Waals surface area contributed by atoms with Gasteiger partial charge in [-0.1, -0.05) is 65.9 Å². The standard InChI is InChI=1S/C21H20N2O3S2/c1-14-8-10-15(11-9-14)13-18-20(26)23(21(27)28-18)12-4-7-19(25)22-16-5-2-3-6-17(16)24/h2-3,5-6,8-11,13,24H,4,7,12H2,1H3,(H,22,25)/b18-13-. The lowest BCUT2D eigenvalue weighted by Gasteiger charge is -2.14. The maximum absolute atomic E-state index is 12.6. The van der Waals surface area contributed by atoms with Gasteiger partial charge < -0.3 is 10.4 Å². The Morgan fingerprint density at radius 2 is 1.93 bits per heavy atom. The summed E-state index contributed by atoms with van der Waals surface area (Å²) in [4.78, 5) is 26.8. The van der Waals surface area contributed by atoms with Gasteiger partial charge in [-0.05, 0) is 37.1 Å². The minimum atomic E-state index is -0.220. The molecule has 0 aliphatic carbocycles. The van der Waals surface area contributed by atoms with E-state index in [-0.39, 0.29) is 24.0 Å². The molecule has 144 valence electrons. The minimum Gasteiger partial charge on any atom is -0.506 e. The van der Waals surface area contributed by atoms with E-state index in [0.717, 1.165) is 11.1 Å². The van der Waals surface area contributed by atoms with E-state index in [2.05, 4.69) is 5.32 Å². The van der Waals surface area contributed by atoms with E-state index < -0.39 is 0 Å². The van der Waals surface area contributed by atoms with Crippen molar-refractivity contribution in [2.45, 2.75) is 19.8 Å². The molecule has 0 radical (unpaired) electrons. The van der Waals surface area contributed by atoms with Gasteiger partial charge in [0.25, 0.3) is 5.91 Å². The summed E-state index contributed by atoms with van der Waals surface area (Å²) in [6.45, 7) is 2.39. The van der Waals surface area contributed by atoms with Gasteiger partial charge in [0.1, 0.15) is 10.1 Å². The number of thiocarbonyl (C=S) groups is 1. The molecule has 2 amide bonds. The summed E-state index contributed by atoms with van der Waals surface area (Å²) in [5, 5.41) is 12.4. The Labute approximate surface area is 173 Å². The number of aryl methyl sites for hydroxylation is 1. The molecule has 0 saturated carbocycles. The van der Waals surface area contributed by atoms with Crippen molar-refractivity contribution >= 4 is 51.9 Å². The number of nitrogens with zero attached hydrogens (tertiary/aromatic N) is 1. The van der Waals surface area contributed by atoms with E-state index in [4.69, 9.17) is 12.2 Å². The molecule has 1 saturated heterocycles. The number of thioether (sulfide) groups is 1.